The molecule has 2 bridgehead atoms. The van der Waals surface area contributed by atoms with Crippen LogP contribution in [0.2, 0.25) is 5.15 Å². The van der Waals surface area contributed by atoms with Crippen LogP contribution in [-0.4, -0.2) is 47.0 Å². The highest BCUT2D eigenvalue weighted by Gasteiger charge is 2.51. The molecule has 5 nitrogen and oxygen atoms in total. The lowest BCUT2D eigenvalue weighted by molar-refractivity contribution is 0.0708. The van der Waals surface area contributed by atoms with E-state index in [9.17, 15) is 4.79 Å². The molecule has 33 heavy (non-hydrogen) atoms. The van der Waals surface area contributed by atoms with Crippen molar-refractivity contribution in [2.24, 2.45) is 10.8 Å². The van der Waals surface area contributed by atoms with Crippen LogP contribution in [0.1, 0.15) is 69.3 Å². The fourth-order valence-electron chi connectivity index (χ4n) is 5.90. The average Bonchev–Trinajstić information content (AvgIpc) is 3.00. The van der Waals surface area contributed by atoms with E-state index in [0.717, 1.165) is 49.3 Å². The summed E-state index contributed by atoms with van der Waals surface area (Å²) in [5.74, 6) is 1.68. The zero-order valence-electron chi connectivity index (χ0n) is 20.4. The summed E-state index contributed by atoms with van der Waals surface area (Å²) in [6.45, 7) is 10.9. The van der Waals surface area contributed by atoms with Crippen LogP contribution in [0, 0.1) is 10.8 Å². The third-order valence-corrected chi connectivity index (χ3v) is 7.94. The maximum Gasteiger partial charge on any atom is 0.254 e. The number of rotatable bonds is 7. The minimum absolute atomic E-state index is 0.163. The summed E-state index contributed by atoms with van der Waals surface area (Å²) in [5.41, 5.74) is 2.40. The number of nitrogens with zero attached hydrogens (tertiary/aromatic N) is 4. The van der Waals surface area contributed by atoms with E-state index < -0.39 is 0 Å². The third-order valence-electron chi connectivity index (χ3n) is 6.83. The summed E-state index contributed by atoms with van der Waals surface area (Å²) in [5, 5.41) is 1.10. The van der Waals surface area contributed by atoms with E-state index in [4.69, 9.17) is 11.6 Å². The van der Waals surface area contributed by atoms with Gasteiger partial charge in [-0.15, -0.1) is 0 Å². The Labute approximate surface area is 207 Å². The van der Waals surface area contributed by atoms with Crippen LogP contribution in [0.25, 0.3) is 0 Å². The van der Waals surface area contributed by atoms with Crippen molar-refractivity contribution in [3.05, 3.63) is 46.6 Å². The maximum absolute atomic E-state index is 13.5. The molecule has 2 unspecified atom stereocenters. The van der Waals surface area contributed by atoms with Gasteiger partial charge in [0.15, 0.2) is 5.16 Å². The first kappa shape index (κ1) is 24.3. The summed E-state index contributed by atoms with van der Waals surface area (Å²) < 4.78 is 0. The van der Waals surface area contributed by atoms with Crippen molar-refractivity contribution < 1.29 is 4.79 Å². The average molecular weight is 487 g/mol. The van der Waals surface area contributed by atoms with Crippen LogP contribution < -0.4 is 4.90 Å². The summed E-state index contributed by atoms with van der Waals surface area (Å²) in [4.78, 5) is 26.7. The van der Waals surface area contributed by atoms with Gasteiger partial charge in [-0.25, -0.2) is 9.97 Å². The topological polar surface area (TPSA) is 49.3 Å². The van der Waals surface area contributed by atoms with Crippen LogP contribution >= 0.6 is 23.4 Å². The minimum Gasteiger partial charge on any atom is -0.360 e. The summed E-state index contributed by atoms with van der Waals surface area (Å²) in [7, 11) is 2.01. The number of halogens is 1. The second kappa shape index (κ2) is 9.46. The molecule has 2 atom stereocenters. The molecule has 2 aromatic rings. The molecule has 0 N–H and O–H groups in total. The molecule has 1 saturated heterocycles. The highest BCUT2D eigenvalue weighted by atomic mass is 35.5. The molecule has 1 aliphatic carbocycles. The molecule has 1 saturated carbocycles. The molecule has 1 aliphatic heterocycles. The van der Waals surface area contributed by atoms with E-state index in [1.165, 1.54) is 6.42 Å². The van der Waals surface area contributed by atoms with Gasteiger partial charge < -0.3 is 9.80 Å². The Hall–Kier alpha value is -1.79. The van der Waals surface area contributed by atoms with Crippen molar-refractivity contribution in [3.63, 3.8) is 0 Å². The molecular weight excluding hydrogens is 452 g/mol. The van der Waals surface area contributed by atoms with Crippen LogP contribution in [0.4, 0.5) is 5.82 Å². The Kier molecular flexibility index (Phi) is 6.97. The minimum atomic E-state index is 0.163. The number of thioether (sulfide) groups is 1. The highest BCUT2D eigenvalue weighted by molar-refractivity contribution is 7.98. The number of carbonyl (C=O) groups is 1. The Bertz CT molecular complexity index is 1030. The van der Waals surface area contributed by atoms with Crippen LogP contribution in [0.3, 0.4) is 0 Å². The molecule has 0 radical (unpaired) electrons. The Morgan fingerprint density at radius 1 is 1.24 bits per heavy atom. The van der Waals surface area contributed by atoms with Crippen molar-refractivity contribution in [1.82, 2.24) is 14.9 Å². The first-order valence-electron chi connectivity index (χ1n) is 11.9. The smallest absolute Gasteiger partial charge is 0.254 e. The molecule has 2 heterocycles. The fourth-order valence-corrected chi connectivity index (χ4v) is 6.92. The van der Waals surface area contributed by atoms with Gasteiger partial charge in [0.2, 0.25) is 0 Å². The van der Waals surface area contributed by atoms with Crippen LogP contribution in [-0.2, 0) is 5.75 Å². The molecule has 178 valence electrons. The normalized spacial score (nSPS) is 23.6. The molecule has 2 fully saturated rings. The monoisotopic (exact) mass is 486 g/mol. The summed E-state index contributed by atoms with van der Waals surface area (Å²) in [6, 6.07) is 10.2. The maximum atomic E-state index is 13.5. The van der Waals surface area contributed by atoms with Crippen molar-refractivity contribution in [3.8, 4) is 0 Å². The van der Waals surface area contributed by atoms with Gasteiger partial charge in [0.1, 0.15) is 11.0 Å². The van der Waals surface area contributed by atoms with Gasteiger partial charge in [-0.05, 0) is 54.2 Å². The van der Waals surface area contributed by atoms with Gasteiger partial charge in [0, 0.05) is 43.6 Å². The Balaban J connectivity index is 1.45. The highest BCUT2D eigenvalue weighted by Crippen LogP contribution is 2.52. The molecule has 1 aromatic heterocycles. The van der Waals surface area contributed by atoms with Gasteiger partial charge in [-0.3, -0.25) is 4.79 Å². The van der Waals surface area contributed by atoms with E-state index in [0.29, 0.717) is 27.5 Å². The van der Waals surface area contributed by atoms with Crippen molar-refractivity contribution in [2.75, 3.05) is 25.0 Å². The lowest BCUT2D eigenvalue weighted by Crippen LogP contribution is -2.37. The standard InChI is InChI=1S/C26H35ClN4OS/c1-6-10-30(5)22-12-21(27)28-24(29-22)33-15-18-8-7-9-19(11-18)23(32)31-17-26(4)14-20(31)13-25(2,3)16-26/h7-9,11-12,20H,6,10,13-17H2,1-5H3. The first-order valence-corrected chi connectivity index (χ1v) is 13.2. The molecule has 7 heteroatoms. The van der Waals surface area contributed by atoms with E-state index >= 15 is 0 Å². The number of likely N-dealkylation sites (tertiary alicyclic amines) is 1. The number of amides is 1. The first-order chi connectivity index (χ1) is 15.6. The molecule has 4 rings (SSSR count). The Morgan fingerprint density at radius 3 is 2.79 bits per heavy atom. The second-order valence-corrected chi connectivity index (χ2v) is 12.2. The third kappa shape index (κ3) is 5.65. The number of carbonyl (C=O) groups excluding carboxylic acids is 1. The predicted octanol–water partition coefficient (Wildman–Crippen LogP) is 6.31. The number of fused-ring (bicyclic) bond motifs is 2. The predicted molar refractivity (Wildman–Crippen MR) is 137 cm³/mol. The zero-order chi connectivity index (χ0) is 23.8. The number of anilines is 1. The number of benzene rings is 1. The number of hydrogen-bond donors (Lipinski definition) is 0. The molecule has 1 aromatic carbocycles. The van der Waals surface area contributed by atoms with Gasteiger partial charge in [-0.2, -0.15) is 0 Å². The zero-order valence-corrected chi connectivity index (χ0v) is 22.0. The molecule has 2 aliphatic rings. The molecular formula is C26H35ClN4OS. The lowest BCUT2D eigenvalue weighted by atomic mass is 9.65. The Morgan fingerprint density at radius 2 is 2.03 bits per heavy atom. The van der Waals surface area contributed by atoms with E-state index in [1.807, 2.05) is 25.2 Å². The van der Waals surface area contributed by atoms with Gasteiger partial charge in [-0.1, -0.05) is 63.2 Å². The van der Waals surface area contributed by atoms with Gasteiger partial charge in [0.05, 0.1) is 0 Å². The number of hydrogen-bond acceptors (Lipinski definition) is 5. The van der Waals surface area contributed by atoms with Gasteiger partial charge >= 0.3 is 0 Å². The largest absolute Gasteiger partial charge is 0.360 e. The second-order valence-electron chi connectivity index (χ2n) is 10.9. The van der Waals surface area contributed by atoms with E-state index in [1.54, 1.807) is 17.8 Å². The SMILES string of the molecule is CCCN(C)c1cc(Cl)nc(SCc2cccc(C(=O)N3CC4(C)CC3CC(C)(C)C4)c2)n1. The van der Waals surface area contributed by atoms with Gasteiger partial charge in [0.25, 0.3) is 5.91 Å². The van der Waals surface area contributed by atoms with E-state index in [2.05, 4.69) is 53.5 Å². The molecule has 0 spiro atoms. The summed E-state index contributed by atoms with van der Waals surface area (Å²) in [6.07, 6.45) is 4.44. The number of aromatic nitrogens is 2. The van der Waals surface area contributed by atoms with Crippen molar-refractivity contribution >= 4 is 35.1 Å². The molecule has 1 amide bonds. The fraction of sp³-hybridized carbons (Fsp3) is 0.577. The lowest BCUT2D eigenvalue weighted by Gasteiger charge is -2.39. The van der Waals surface area contributed by atoms with E-state index in [-0.39, 0.29) is 11.3 Å². The van der Waals surface area contributed by atoms with Crippen LogP contribution in [0.15, 0.2) is 35.5 Å². The van der Waals surface area contributed by atoms with Crippen molar-refractivity contribution in [1.29, 1.82) is 0 Å². The van der Waals surface area contributed by atoms with Crippen LogP contribution in [0.5, 0.6) is 0 Å². The van der Waals surface area contributed by atoms with Crippen molar-refractivity contribution in [2.45, 2.75) is 70.3 Å². The quantitative estimate of drug-likeness (QED) is 0.261. The summed E-state index contributed by atoms with van der Waals surface area (Å²) >= 11 is 7.80.